The van der Waals surface area contributed by atoms with Crippen LogP contribution in [0.1, 0.15) is 0 Å². The van der Waals surface area contributed by atoms with Gasteiger partial charge in [0, 0.05) is 26.8 Å². The zero-order valence-electron chi connectivity index (χ0n) is 13.3. The van der Waals surface area contributed by atoms with Gasteiger partial charge in [-0.15, -0.1) is 4.40 Å². The van der Waals surface area contributed by atoms with Gasteiger partial charge in [-0.3, -0.25) is 4.79 Å². The lowest BCUT2D eigenvalue weighted by Gasteiger charge is -2.26. The van der Waals surface area contributed by atoms with E-state index in [9.17, 15) is 13.2 Å². The van der Waals surface area contributed by atoms with E-state index in [1.807, 2.05) is 19.0 Å². The highest BCUT2D eigenvalue weighted by Gasteiger charge is 2.25. The molecule has 0 radical (unpaired) electrons. The number of aromatic nitrogens is 1. The number of rotatable bonds is 3. The van der Waals surface area contributed by atoms with E-state index in [1.165, 1.54) is 6.08 Å². The maximum atomic E-state index is 12.3. The van der Waals surface area contributed by atoms with Gasteiger partial charge in [0.2, 0.25) is 0 Å². The summed E-state index contributed by atoms with van der Waals surface area (Å²) in [6.45, 7) is 0.279. The van der Waals surface area contributed by atoms with Gasteiger partial charge >= 0.3 is 0 Å². The summed E-state index contributed by atoms with van der Waals surface area (Å²) in [5.41, 5.74) is 1.01. The summed E-state index contributed by atoms with van der Waals surface area (Å²) in [6.07, 6.45) is 6.26. The van der Waals surface area contributed by atoms with E-state index in [4.69, 9.17) is 0 Å². The number of amides is 1. The Kier molecular flexibility index (Phi) is 4.10. The quantitative estimate of drug-likeness (QED) is 0.860. The van der Waals surface area contributed by atoms with Crippen LogP contribution in [0.15, 0.2) is 46.7 Å². The maximum absolute atomic E-state index is 12.3. The number of hydrogen-bond acceptors (Lipinski definition) is 6. The molecule has 0 saturated heterocycles. The standard InChI is InChI=1S/C15H17N5O3S/c1-19(2)13-6-4-12(9-16-13)17-15(21)11-3-5-14-18-24(22,23)8-7-20(14)10-11/h3-6,9-10H,7-8H2,1-2H3,(H,17,21). The van der Waals surface area contributed by atoms with Crippen molar-refractivity contribution in [1.82, 2.24) is 9.88 Å². The molecule has 2 aliphatic heterocycles. The third kappa shape index (κ3) is 3.46. The van der Waals surface area contributed by atoms with Gasteiger partial charge in [0.25, 0.3) is 15.9 Å². The smallest absolute Gasteiger partial charge is 0.257 e. The second-order valence-corrected chi connectivity index (χ2v) is 7.35. The average molecular weight is 347 g/mol. The second kappa shape index (κ2) is 6.08. The summed E-state index contributed by atoms with van der Waals surface area (Å²) in [7, 11) is 0.373. The SMILES string of the molecule is CN(C)c1ccc(NC(=O)C2=CN3CCS(=O)(=O)N=C3C=C2)cn1. The third-order valence-corrected chi connectivity index (χ3v) is 4.71. The van der Waals surface area contributed by atoms with Gasteiger partial charge in [0.15, 0.2) is 0 Å². The number of pyridine rings is 1. The van der Waals surface area contributed by atoms with Crippen molar-refractivity contribution in [2.75, 3.05) is 36.6 Å². The van der Waals surface area contributed by atoms with Crippen molar-refractivity contribution in [2.45, 2.75) is 0 Å². The van der Waals surface area contributed by atoms with E-state index in [-0.39, 0.29) is 18.2 Å². The van der Waals surface area contributed by atoms with E-state index in [0.717, 1.165) is 5.82 Å². The first-order chi connectivity index (χ1) is 11.3. The molecule has 0 fully saturated rings. The third-order valence-electron chi connectivity index (χ3n) is 3.55. The summed E-state index contributed by atoms with van der Waals surface area (Å²) < 4.78 is 26.6. The Bertz CT molecular complexity index is 854. The lowest BCUT2D eigenvalue weighted by molar-refractivity contribution is -0.112. The van der Waals surface area contributed by atoms with Crippen molar-refractivity contribution >= 4 is 33.3 Å². The minimum absolute atomic E-state index is 0.0638. The van der Waals surface area contributed by atoms with Gasteiger partial charge in [0.05, 0.1) is 23.2 Å². The van der Waals surface area contributed by atoms with Crippen LogP contribution >= 0.6 is 0 Å². The molecule has 8 nitrogen and oxygen atoms in total. The predicted molar refractivity (Wildman–Crippen MR) is 92.3 cm³/mol. The maximum Gasteiger partial charge on any atom is 0.257 e. The average Bonchev–Trinajstić information content (AvgIpc) is 2.54. The first-order valence-electron chi connectivity index (χ1n) is 7.28. The van der Waals surface area contributed by atoms with Crippen LogP contribution in [-0.4, -0.2) is 56.4 Å². The van der Waals surface area contributed by atoms with E-state index in [0.29, 0.717) is 17.1 Å². The highest BCUT2D eigenvalue weighted by molar-refractivity contribution is 7.90. The topological polar surface area (TPSA) is 95.0 Å². The molecule has 3 rings (SSSR count). The summed E-state index contributed by atoms with van der Waals surface area (Å²) in [5.74, 6) is 0.763. The molecule has 0 unspecified atom stereocenters. The predicted octanol–water partition coefficient (Wildman–Crippen LogP) is 0.584. The minimum Gasteiger partial charge on any atom is -0.363 e. The number of hydrogen-bond donors (Lipinski definition) is 1. The summed E-state index contributed by atoms with van der Waals surface area (Å²) in [6, 6.07) is 3.58. The molecular weight excluding hydrogens is 330 g/mol. The number of nitrogens with one attached hydrogen (secondary N) is 1. The second-order valence-electron chi connectivity index (χ2n) is 5.60. The minimum atomic E-state index is -3.40. The molecule has 1 aromatic rings. The molecule has 1 aromatic heterocycles. The van der Waals surface area contributed by atoms with Crippen LogP contribution in [-0.2, 0) is 14.8 Å². The number of fused-ring (bicyclic) bond motifs is 1. The van der Waals surface area contributed by atoms with Crippen molar-refractivity contribution < 1.29 is 13.2 Å². The summed E-state index contributed by atoms with van der Waals surface area (Å²) in [5, 5.41) is 2.77. The van der Waals surface area contributed by atoms with Gasteiger partial charge in [-0.25, -0.2) is 13.4 Å². The van der Waals surface area contributed by atoms with Gasteiger partial charge in [-0.2, -0.15) is 0 Å². The van der Waals surface area contributed by atoms with Gasteiger partial charge in [-0.1, -0.05) is 0 Å². The summed E-state index contributed by atoms with van der Waals surface area (Å²) >= 11 is 0. The number of amidine groups is 1. The van der Waals surface area contributed by atoms with Crippen LogP contribution in [0.25, 0.3) is 0 Å². The number of carbonyl (C=O) groups is 1. The van der Waals surface area contributed by atoms with Crippen molar-refractivity contribution in [3.05, 3.63) is 42.3 Å². The number of carbonyl (C=O) groups excluding carboxylic acids is 1. The molecule has 1 amide bonds. The largest absolute Gasteiger partial charge is 0.363 e. The Balaban J connectivity index is 1.73. The van der Waals surface area contributed by atoms with Crippen LogP contribution in [0, 0.1) is 0 Å². The molecule has 9 heteroatoms. The van der Waals surface area contributed by atoms with Crippen molar-refractivity contribution in [3.8, 4) is 0 Å². The molecule has 24 heavy (non-hydrogen) atoms. The fourth-order valence-corrected chi connectivity index (χ4v) is 3.23. The zero-order chi connectivity index (χ0) is 17.3. The molecule has 0 aliphatic carbocycles. The van der Waals surface area contributed by atoms with Crippen LogP contribution in [0.3, 0.4) is 0 Å². The van der Waals surface area contributed by atoms with E-state index >= 15 is 0 Å². The molecule has 126 valence electrons. The Hall–Kier alpha value is -2.68. The zero-order valence-corrected chi connectivity index (χ0v) is 14.1. The molecule has 1 N–H and O–H groups in total. The first kappa shape index (κ1) is 16.2. The fraction of sp³-hybridized carbons (Fsp3) is 0.267. The lowest BCUT2D eigenvalue weighted by atomic mass is 10.1. The van der Waals surface area contributed by atoms with E-state index < -0.39 is 10.0 Å². The molecule has 3 heterocycles. The number of anilines is 2. The number of nitrogens with zero attached hydrogens (tertiary/aromatic N) is 4. The van der Waals surface area contributed by atoms with Gasteiger partial charge < -0.3 is 15.1 Å². The fourth-order valence-electron chi connectivity index (χ4n) is 2.26. The van der Waals surface area contributed by atoms with Crippen LogP contribution in [0.4, 0.5) is 11.5 Å². The lowest BCUT2D eigenvalue weighted by Crippen LogP contribution is -2.37. The van der Waals surface area contributed by atoms with Crippen molar-refractivity contribution in [1.29, 1.82) is 0 Å². The van der Waals surface area contributed by atoms with Crippen LogP contribution < -0.4 is 10.2 Å². The molecule has 0 aromatic carbocycles. The monoisotopic (exact) mass is 347 g/mol. The van der Waals surface area contributed by atoms with Gasteiger partial charge in [-0.05, 0) is 24.3 Å². The molecule has 0 spiro atoms. The van der Waals surface area contributed by atoms with Crippen LogP contribution in [0.5, 0.6) is 0 Å². The normalized spacial score (nSPS) is 18.3. The van der Waals surface area contributed by atoms with Crippen molar-refractivity contribution in [2.24, 2.45) is 4.40 Å². The molecular formula is C15H17N5O3S. The Morgan fingerprint density at radius 1 is 1.29 bits per heavy atom. The highest BCUT2D eigenvalue weighted by atomic mass is 32.2. The molecule has 0 saturated carbocycles. The molecule has 0 atom stereocenters. The van der Waals surface area contributed by atoms with Crippen LogP contribution in [0.2, 0.25) is 0 Å². The Morgan fingerprint density at radius 2 is 2.08 bits per heavy atom. The van der Waals surface area contributed by atoms with Gasteiger partial charge in [0.1, 0.15) is 11.7 Å². The Morgan fingerprint density at radius 3 is 2.75 bits per heavy atom. The molecule has 0 bridgehead atoms. The highest BCUT2D eigenvalue weighted by Crippen LogP contribution is 2.18. The van der Waals surface area contributed by atoms with E-state index in [2.05, 4.69) is 14.7 Å². The summed E-state index contributed by atoms with van der Waals surface area (Å²) in [4.78, 5) is 20.1. The number of sulfonamides is 1. The molecule has 2 aliphatic rings. The first-order valence-corrected chi connectivity index (χ1v) is 8.89. The Labute approximate surface area is 140 Å². The van der Waals surface area contributed by atoms with E-state index in [1.54, 1.807) is 35.5 Å². The van der Waals surface area contributed by atoms with Crippen molar-refractivity contribution in [3.63, 3.8) is 0 Å².